The predicted molar refractivity (Wildman–Crippen MR) is 63.2 cm³/mol. The van der Waals surface area contributed by atoms with Crippen LogP contribution in [0, 0.1) is 6.92 Å². The number of carbonyl (C=O) groups excluding carboxylic acids is 1. The zero-order valence-corrected chi connectivity index (χ0v) is 10.6. The average molecular weight is 246 g/mol. The van der Waals surface area contributed by atoms with Crippen LogP contribution in [0.25, 0.3) is 0 Å². The van der Waals surface area contributed by atoms with E-state index in [1.807, 2.05) is 20.8 Å². The number of nitrogens with two attached hydrogens (primary N) is 1. The van der Waals surface area contributed by atoms with Crippen LogP contribution in [-0.2, 0) is 9.53 Å². The molecule has 2 N–H and O–H groups in total. The molecule has 0 aromatic carbocycles. The Hall–Kier alpha value is -0.750. The molecule has 0 saturated heterocycles. The summed E-state index contributed by atoms with van der Waals surface area (Å²) in [5, 5.41) is 0.534. The molecule has 0 aliphatic heterocycles. The number of hydrogen-bond donors (Lipinski definition) is 1. The van der Waals surface area contributed by atoms with Crippen molar-refractivity contribution in [3.05, 3.63) is 5.69 Å². The van der Waals surface area contributed by atoms with Crippen LogP contribution in [0.15, 0.2) is 4.21 Å². The molecule has 1 aromatic heterocycles. The lowest BCUT2D eigenvalue weighted by molar-refractivity contribution is -0.144. The van der Waals surface area contributed by atoms with E-state index in [1.54, 1.807) is 0 Å². The summed E-state index contributed by atoms with van der Waals surface area (Å²) in [6.45, 7) is 5.54. The van der Waals surface area contributed by atoms with Crippen LogP contribution < -0.4 is 5.73 Å². The summed E-state index contributed by atoms with van der Waals surface area (Å²) in [6.07, 6.45) is -0.0641. The predicted octanol–water partition coefficient (Wildman–Crippen LogP) is 2.08. The van der Waals surface area contributed by atoms with Gasteiger partial charge in [0.05, 0.1) is 21.8 Å². The van der Waals surface area contributed by atoms with Crippen LogP contribution in [0.1, 0.15) is 19.5 Å². The Morgan fingerprint density at radius 3 is 2.80 bits per heavy atom. The first-order chi connectivity index (χ1) is 6.99. The van der Waals surface area contributed by atoms with Gasteiger partial charge < -0.3 is 10.5 Å². The third-order valence-electron chi connectivity index (χ3n) is 1.46. The van der Waals surface area contributed by atoms with E-state index in [2.05, 4.69) is 4.98 Å². The first-order valence-corrected chi connectivity index (χ1v) is 6.34. The quantitative estimate of drug-likeness (QED) is 0.651. The summed E-state index contributed by atoms with van der Waals surface area (Å²) in [4.78, 5) is 15.3. The normalized spacial score (nSPS) is 10.7. The summed E-state index contributed by atoms with van der Waals surface area (Å²) >= 11 is 2.82. The largest absolute Gasteiger partial charge is 0.462 e. The highest BCUT2D eigenvalue weighted by Gasteiger charge is 2.10. The van der Waals surface area contributed by atoms with E-state index in [1.165, 1.54) is 23.1 Å². The summed E-state index contributed by atoms with van der Waals surface area (Å²) in [7, 11) is 0. The highest BCUT2D eigenvalue weighted by atomic mass is 32.2. The van der Waals surface area contributed by atoms with Crippen LogP contribution in [-0.4, -0.2) is 22.8 Å². The van der Waals surface area contributed by atoms with Crippen LogP contribution in [0.4, 0.5) is 5.13 Å². The maximum Gasteiger partial charge on any atom is 0.316 e. The molecule has 0 fully saturated rings. The number of rotatable bonds is 4. The first-order valence-electron chi connectivity index (χ1n) is 4.54. The Morgan fingerprint density at radius 1 is 1.67 bits per heavy atom. The minimum Gasteiger partial charge on any atom is -0.462 e. The fourth-order valence-corrected chi connectivity index (χ4v) is 2.76. The van der Waals surface area contributed by atoms with E-state index >= 15 is 0 Å². The first kappa shape index (κ1) is 12.3. The minimum atomic E-state index is -0.207. The van der Waals surface area contributed by atoms with Crippen molar-refractivity contribution in [2.24, 2.45) is 0 Å². The second kappa shape index (κ2) is 5.37. The van der Waals surface area contributed by atoms with E-state index < -0.39 is 0 Å². The number of nitrogens with zero attached hydrogens (tertiary/aromatic N) is 1. The lowest BCUT2D eigenvalue weighted by atomic mass is 10.5. The monoisotopic (exact) mass is 246 g/mol. The van der Waals surface area contributed by atoms with E-state index in [0.717, 1.165) is 9.90 Å². The lowest BCUT2D eigenvalue weighted by Crippen LogP contribution is -2.13. The molecule has 0 saturated carbocycles. The molecule has 1 heterocycles. The van der Waals surface area contributed by atoms with Gasteiger partial charge in [-0.3, -0.25) is 4.79 Å². The van der Waals surface area contributed by atoms with Crippen LogP contribution in [0.5, 0.6) is 0 Å². The smallest absolute Gasteiger partial charge is 0.316 e. The summed E-state index contributed by atoms with van der Waals surface area (Å²) in [5.74, 6) is 0.0991. The minimum absolute atomic E-state index is 0.0641. The SMILES string of the molecule is Cc1nc(N)sc1SCC(=O)OC(C)C. The van der Waals surface area contributed by atoms with Gasteiger partial charge in [0.2, 0.25) is 0 Å². The number of esters is 1. The Morgan fingerprint density at radius 2 is 2.33 bits per heavy atom. The maximum atomic E-state index is 11.3. The standard InChI is InChI=1S/C9H14N2O2S2/c1-5(2)13-7(12)4-14-8-6(3)11-9(10)15-8/h5H,4H2,1-3H3,(H2,10,11). The summed E-state index contributed by atoms with van der Waals surface area (Å²) in [6, 6.07) is 0. The van der Waals surface area contributed by atoms with Crippen molar-refractivity contribution in [1.82, 2.24) is 4.98 Å². The molecule has 4 nitrogen and oxygen atoms in total. The average Bonchev–Trinajstić information content (AvgIpc) is 2.40. The number of aromatic nitrogens is 1. The number of aryl methyl sites for hydroxylation is 1. The second-order valence-corrected chi connectivity index (χ2v) is 5.53. The van der Waals surface area contributed by atoms with Crippen LogP contribution >= 0.6 is 23.1 Å². The number of nitrogen functional groups attached to an aromatic ring is 1. The van der Waals surface area contributed by atoms with Gasteiger partial charge in [-0.25, -0.2) is 4.98 Å². The van der Waals surface area contributed by atoms with Crippen LogP contribution in [0.3, 0.4) is 0 Å². The van der Waals surface area contributed by atoms with Crippen molar-refractivity contribution in [3.8, 4) is 0 Å². The molecule has 0 atom stereocenters. The fourth-order valence-electron chi connectivity index (χ4n) is 0.958. The molecule has 0 spiro atoms. The second-order valence-electron chi connectivity index (χ2n) is 3.25. The molecule has 84 valence electrons. The molecular weight excluding hydrogens is 232 g/mol. The maximum absolute atomic E-state index is 11.3. The molecule has 0 aliphatic carbocycles. The van der Waals surface area contributed by atoms with E-state index in [9.17, 15) is 4.79 Å². The zero-order valence-electron chi connectivity index (χ0n) is 8.94. The van der Waals surface area contributed by atoms with E-state index in [0.29, 0.717) is 10.9 Å². The molecule has 1 aromatic rings. The highest BCUT2D eigenvalue weighted by Crippen LogP contribution is 2.30. The molecule has 6 heteroatoms. The van der Waals surface area contributed by atoms with Gasteiger partial charge in [-0.05, 0) is 20.8 Å². The lowest BCUT2D eigenvalue weighted by Gasteiger charge is -2.06. The van der Waals surface area contributed by atoms with Gasteiger partial charge in [0.1, 0.15) is 0 Å². The van der Waals surface area contributed by atoms with E-state index in [4.69, 9.17) is 10.5 Å². The molecule has 15 heavy (non-hydrogen) atoms. The van der Waals surface area contributed by atoms with Gasteiger partial charge in [0.15, 0.2) is 5.13 Å². The third-order valence-corrected chi connectivity index (χ3v) is 3.78. The van der Waals surface area contributed by atoms with Gasteiger partial charge in [-0.15, -0.1) is 11.8 Å². The number of anilines is 1. The zero-order chi connectivity index (χ0) is 11.4. The van der Waals surface area contributed by atoms with Crippen molar-refractivity contribution in [2.45, 2.75) is 31.1 Å². The number of ether oxygens (including phenoxy) is 1. The Labute approximate surface area is 97.2 Å². The van der Waals surface area contributed by atoms with Gasteiger partial charge in [0, 0.05) is 0 Å². The number of thiazole rings is 1. The molecule has 0 radical (unpaired) electrons. The fraction of sp³-hybridized carbons (Fsp3) is 0.556. The van der Waals surface area contributed by atoms with Crippen molar-refractivity contribution in [3.63, 3.8) is 0 Å². The van der Waals surface area contributed by atoms with Gasteiger partial charge in [-0.2, -0.15) is 0 Å². The van der Waals surface area contributed by atoms with E-state index in [-0.39, 0.29) is 12.1 Å². The molecule has 0 bridgehead atoms. The molecule has 1 rings (SSSR count). The molecular formula is C9H14N2O2S2. The Kier molecular flexibility index (Phi) is 4.41. The molecule has 0 unspecified atom stereocenters. The topological polar surface area (TPSA) is 65.2 Å². The number of carbonyl (C=O) groups is 1. The van der Waals surface area contributed by atoms with Crippen LogP contribution in [0.2, 0.25) is 0 Å². The summed E-state index contributed by atoms with van der Waals surface area (Å²) < 4.78 is 5.99. The van der Waals surface area contributed by atoms with Crippen molar-refractivity contribution in [2.75, 3.05) is 11.5 Å². The molecule has 0 amide bonds. The highest BCUT2D eigenvalue weighted by molar-refractivity contribution is 8.01. The summed E-state index contributed by atoms with van der Waals surface area (Å²) in [5.41, 5.74) is 6.42. The van der Waals surface area contributed by atoms with Gasteiger partial charge in [0.25, 0.3) is 0 Å². The Balaban J connectivity index is 2.43. The molecule has 0 aliphatic rings. The van der Waals surface area contributed by atoms with Crippen molar-refractivity contribution >= 4 is 34.2 Å². The van der Waals surface area contributed by atoms with Gasteiger partial charge in [-0.1, -0.05) is 11.3 Å². The van der Waals surface area contributed by atoms with Crippen molar-refractivity contribution in [1.29, 1.82) is 0 Å². The number of hydrogen-bond acceptors (Lipinski definition) is 6. The number of thioether (sulfide) groups is 1. The van der Waals surface area contributed by atoms with Gasteiger partial charge >= 0.3 is 5.97 Å². The van der Waals surface area contributed by atoms with Crippen molar-refractivity contribution < 1.29 is 9.53 Å². The third kappa shape index (κ3) is 4.09. The Bertz CT molecular complexity index is 350.